The third-order valence-corrected chi connectivity index (χ3v) is 6.03. The first-order valence-electron chi connectivity index (χ1n) is 11.8. The van der Waals surface area contributed by atoms with Crippen LogP contribution in [0.5, 0.6) is 17.2 Å². The van der Waals surface area contributed by atoms with E-state index in [-0.39, 0.29) is 17.3 Å². The van der Waals surface area contributed by atoms with Crippen LogP contribution in [0.4, 0.5) is 16.2 Å². The van der Waals surface area contributed by atoms with Crippen LogP contribution in [0, 0.1) is 0 Å². The summed E-state index contributed by atoms with van der Waals surface area (Å²) in [6.07, 6.45) is 3.08. The van der Waals surface area contributed by atoms with Crippen LogP contribution < -0.4 is 19.1 Å². The first-order valence-corrected chi connectivity index (χ1v) is 11.8. The molecule has 4 aromatic carbocycles. The summed E-state index contributed by atoms with van der Waals surface area (Å²) in [6.45, 7) is 0.338. The molecule has 1 amide bonds. The minimum absolute atomic E-state index is 0.197. The van der Waals surface area contributed by atoms with Gasteiger partial charge >= 0.3 is 6.09 Å². The van der Waals surface area contributed by atoms with Gasteiger partial charge in [-0.2, -0.15) is 0 Å². The number of carbonyl (C=O) groups excluding carboxylic acids is 2. The predicted octanol–water partition coefficient (Wildman–Crippen LogP) is 6.96. The zero-order valence-corrected chi connectivity index (χ0v) is 19.7. The molecule has 0 N–H and O–H groups in total. The number of hydrogen-bond acceptors (Lipinski definition) is 5. The SMILES string of the molecule is O=C1C(=CC2=Cc3ccccc3OC2)Oc2cc(OC(=O)N(c3ccccc3)c3ccccc3)ccc21. The molecule has 0 unspecified atom stereocenters. The van der Waals surface area contributed by atoms with Gasteiger partial charge in [0.25, 0.3) is 0 Å². The quantitative estimate of drug-likeness (QED) is 0.291. The van der Waals surface area contributed by atoms with E-state index in [1.807, 2.05) is 91.0 Å². The van der Waals surface area contributed by atoms with Gasteiger partial charge in [-0.3, -0.25) is 4.79 Å². The minimum atomic E-state index is -0.583. The van der Waals surface area contributed by atoms with Gasteiger partial charge in [-0.15, -0.1) is 0 Å². The number of anilines is 2. The van der Waals surface area contributed by atoms with Gasteiger partial charge in [-0.1, -0.05) is 54.6 Å². The molecule has 6 rings (SSSR count). The van der Waals surface area contributed by atoms with Crippen LogP contribution in [-0.2, 0) is 0 Å². The fourth-order valence-electron chi connectivity index (χ4n) is 4.28. The highest BCUT2D eigenvalue weighted by atomic mass is 16.6. The fraction of sp³-hybridized carbons (Fsp3) is 0.0323. The average Bonchev–Trinajstić information content (AvgIpc) is 3.24. The molecule has 2 aliphatic heterocycles. The maximum atomic E-state index is 13.3. The number of fused-ring (bicyclic) bond motifs is 2. The average molecular weight is 488 g/mol. The summed E-state index contributed by atoms with van der Waals surface area (Å²) >= 11 is 0. The fourth-order valence-corrected chi connectivity index (χ4v) is 4.28. The number of para-hydroxylation sites is 3. The Bertz CT molecular complexity index is 1520. The van der Waals surface area contributed by atoms with Gasteiger partial charge in [0.05, 0.1) is 16.9 Å². The van der Waals surface area contributed by atoms with Crippen LogP contribution >= 0.6 is 0 Å². The number of ether oxygens (including phenoxy) is 3. The molecular weight excluding hydrogens is 466 g/mol. The van der Waals surface area contributed by atoms with Crippen molar-refractivity contribution in [2.24, 2.45) is 0 Å². The maximum Gasteiger partial charge on any atom is 0.424 e. The zero-order chi connectivity index (χ0) is 25.2. The highest BCUT2D eigenvalue weighted by Gasteiger charge is 2.29. The molecule has 6 nitrogen and oxygen atoms in total. The number of rotatable bonds is 4. The number of ketones is 1. The molecule has 0 fully saturated rings. The topological polar surface area (TPSA) is 65.1 Å². The second-order valence-electron chi connectivity index (χ2n) is 8.52. The zero-order valence-electron chi connectivity index (χ0n) is 19.7. The van der Waals surface area contributed by atoms with Crippen LogP contribution in [0.1, 0.15) is 15.9 Å². The highest BCUT2D eigenvalue weighted by Crippen LogP contribution is 2.36. The van der Waals surface area contributed by atoms with E-state index in [1.54, 1.807) is 24.3 Å². The van der Waals surface area contributed by atoms with E-state index in [1.165, 1.54) is 4.90 Å². The molecule has 0 radical (unpaired) electrons. The molecule has 6 heteroatoms. The van der Waals surface area contributed by atoms with Crippen molar-refractivity contribution in [1.82, 2.24) is 0 Å². The lowest BCUT2D eigenvalue weighted by molar-refractivity contribution is 0.101. The van der Waals surface area contributed by atoms with E-state index in [9.17, 15) is 9.59 Å². The number of hydrogen-bond donors (Lipinski definition) is 0. The van der Waals surface area contributed by atoms with Crippen molar-refractivity contribution >= 4 is 29.3 Å². The van der Waals surface area contributed by atoms with Gasteiger partial charge in [0.15, 0.2) is 5.76 Å². The third kappa shape index (κ3) is 4.48. The third-order valence-electron chi connectivity index (χ3n) is 6.03. The number of carbonyl (C=O) groups is 2. The van der Waals surface area contributed by atoms with Crippen molar-refractivity contribution in [2.75, 3.05) is 11.5 Å². The number of nitrogens with zero attached hydrogens (tertiary/aromatic N) is 1. The molecule has 0 saturated heterocycles. The Labute approximate surface area is 213 Å². The Hall–Kier alpha value is -5.10. The van der Waals surface area contributed by atoms with Crippen molar-refractivity contribution in [3.8, 4) is 17.2 Å². The molecule has 0 aliphatic carbocycles. The molecule has 37 heavy (non-hydrogen) atoms. The lowest BCUT2D eigenvalue weighted by Gasteiger charge is -2.22. The number of allylic oxidation sites excluding steroid dienone is 1. The van der Waals surface area contributed by atoms with Gasteiger partial charge in [0.1, 0.15) is 23.9 Å². The molecule has 0 atom stereocenters. The summed E-state index contributed by atoms with van der Waals surface area (Å²) < 4.78 is 17.4. The van der Waals surface area contributed by atoms with Crippen LogP contribution in [0.15, 0.2) is 121 Å². The van der Waals surface area contributed by atoms with E-state index < -0.39 is 6.09 Å². The van der Waals surface area contributed by atoms with Crippen molar-refractivity contribution < 1.29 is 23.8 Å². The van der Waals surface area contributed by atoms with E-state index in [2.05, 4.69) is 0 Å². The Balaban J connectivity index is 1.24. The normalized spacial score (nSPS) is 14.6. The largest absolute Gasteiger partial charge is 0.488 e. The number of benzene rings is 4. The van der Waals surface area contributed by atoms with E-state index in [0.717, 1.165) is 16.9 Å². The maximum absolute atomic E-state index is 13.3. The van der Waals surface area contributed by atoms with E-state index in [4.69, 9.17) is 14.2 Å². The standard InChI is InChI=1S/C31H21NO5/c33-30-26-16-15-25(36-31(34)32(23-10-3-1-4-11-23)24-12-5-2-6-13-24)19-28(26)37-29(30)18-21-17-22-9-7-8-14-27(22)35-20-21/h1-19H,20H2. The lowest BCUT2D eigenvalue weighted by atomic mass is 10.1. The molecule has 180 valence electrons. The summed E-state index contributed by atoms with van der Waals surface area (Å²) in [6, 6.07) is 31.0. The molecule has 4 aromatic rings. The Kier molecular flexibility index (Phi) is 5.75. The second kappa shape index (κ2) is 9.51. The molecule has 0 aromatic heterocycles. The van der Waals surface area contributed by atoms with Gasteiger partial charge in [0.2, 0.25) is 5.78 Å². The Morgan fingerprint density at radius 1 is 0.811 bits per heavy atom. The van der Waals surface area contributed by atoms with Crippen molar-refractivity contribution in [3.05, 3.63) is 132 Å². The lowest BCUT2D eigenvalue weighted by Crippen LogP contribution is -2.29. The van der Waals surface area contributed by atoms with E-state index in [0.29, 0.717) is 29.3 Å². The summed E-state index contributed by atoms with van der Waals surface area (Å²) in [5.74, 6) is 1.37. The summed E-state index contributed by atoms with van der Waals surface area (Å²) in [5.41, 5.74) is 3.51. The summed E-state index contributed by atoms with van der Waals surface area (Å²) in [7, 11) is 0. The van der Waals surface area contributed by atoms with Crippen LogP contribution in [-0.4, -0.2) is 18.5 Å². The summed E-state index contributed by atoms with van der Waals surface area (Å²) in [5, 5.41) is 0. The van der Waals surface area contributed by atoms with Crippen LogP contribution in [0.3, 0.4) is 0 Å². The van der Waals surface area contributed by atoms with Gasteiger partial charge in [-0.05, 0) is 60.2 Å². The van der Waals surface area contributed by atoms with Crippen molar-refractivity contribution in [3.63, 3.8) is 0 Å². The van der Waals surface area contributed by atoms with Crippen LogP contribution in [0.2, 0.25) is 0 Å². The van der Waals surface area contributed by atoms with Gasteiger partial charge in [0, 0.05) is 11.6 Å². The van der Waals surface area contributed by atoms with Crippen molar-refractivity contribution in [1.29, 1.82) is 0 Å². The molecule has 0 bridgehead atoms. The molecule has 2 aliphatic rings. The summed E-state index contributed by atoms with van der Waals surface area (Å²) in [4.78, 5) is 27.7. The molecule has 0 spiro atoms. The number of amides is 1. The van der Waals surface area contributed by atoms with Crippen molar-refractivity contribution in [2.45, 2.75) is 0 Å². The van der Waals surface area contributed by atoms with Gasteiger partial charge in [-0.25, -0.2) is 9.69 Å². The molecule has 0 saturated carbocycles. The first-order chi connectivity index (χ1) is 18.2. The predicted molar refractivity (Wildman–Crippen MR) is 140 cm³/mol. The first kappa shape index (κ1) is 22.4. The molecule has 2 heterocycles. The molecular formula is C31H21NO5. The Morgan fingerprint density at radius 3 is 2.22 bits per heavy atom. The smallest absolute Gasteiger partial charge is 0.424 e. The number of Topliss-reactive ketones (excluding diaryl/α,β-unsaturated/α-hetero) is 1. The monoisotopic (exact) mass is 487 g/mol. The Morgan fingerprint density at radius 2 is 1.49 bits per heavy atom. The van der Waals surface area contributed by atoms with Gasteiger partial charge < -0.3 is 14.2 Å². The van der Waals surface area contributed by atoms with E-state index >= 15 is 0 Å². The van der Waals surface area contributed by atoms with Crippen LogP contribution in [0.25, 0.3) is 6.08 Å². The highest BCUT2D eigenvalue weighted by molar-refractivity contribution is 6.12. The minimum Gasteiger partial charge on any atom is -0.488 e. The second-order valence-corrected chi connectivity index (χ2v) is 8.52.